The van der Waals surface area contributed by atoms with Crippen LogP contribution in [0.15, 0.2) is 58.3 Å². The zero-order chi connectivity index (χ0) is 27.3. The predicted molar refractivity (Wildman–Crippen MR) is 151 cm³/mol. The van der Waals surface area contributed by atoms with E-state index in [2.05, 4.69) is 23.3 Å². The Bertz CT molecular complexity index is 1090. The average molecular weight is 667 g/mol. The van der Waals surface area contributed by atoms with Crippen molar-refractivity contribution in [2.75, 3.05) is 0 Å². The normalized spacial score (nSPS) is 16.2. The van der Waals surface area contributed by atoms with Gasteiger partial charge < -0.3 is 0 Å². The molecule has 0 bridgehead atoms. The van der Waals surface area contributed by atoms with Crippen molar-refractivity contribution in [3.63, 3.8) is 0 Å². The Morgan fingerprint density at radius 3 is 1.08 bits per heavy atom. The summed E-state index contributed by atoms with van der Waals surface area (Å²) in [7, 11) is -7.23. The number of benzene rings is 2. The summed E-state index contributed by atoms with van der Waals surface area (Å²) in [4.78, 5) is 0.897. The van der Waals surface area contributed by atoms with Gasteiger partial charge in [-0.1, -0.05) is 0 Å². The van der Waals surface area contributed by atoms with Gasteiger partial charge in [-0.15, -0.1) is 0 Å². The van der Waals surface area contributed by atoms with Crippen molar-refractivity contribution in [3.8, 4) is 0 Å². The molecule has 0 fully saturated rings. The first-order valence-electron chi connectivity index (χ1n) is 12.1. The van der Waals surface area contributed by atoms with Gasteiger partial charge in [0.25, 0.3) is 0 Å². The Labute approximate surface area is 229 Å². The van der Waals surface area contributed by atoms with Crippen molar-refractivity contribution in [2.24, 2.45) is 11.8 Å². The van der Waals surface area contributed by atoms with E-state index in [9.17, 15) is 16.8 Å². The Kier molecular flexibility index (Phi) is 11.7. The van der Waals surface area contributed by atoms with Crippen LogP contribution in [0, 0.1) is 25.7 Å². The molecule has 0 spiro atoms. The molecular formula is C26H40N2O4S2Se2. The molecule has 6 nitrogen and oxygen atoms in total. The molecule has 4 atom stereocenters. The topological polar surface area (TPSA) is 92.3 Å². The summed E-state index contributed by atoms with van der Waals surface area (Å²) >= 11 is 0.333. The van der Waals surface area contributed by atoms with E-state index in [1.54, 1.807) is 48.5 Å². The van der Waals surface area contributed by atoms with Gasteiger partial charge in [0.15, 0.2) is 0 Å². The van der Waals surface area contributed by atoms with Crippen molar-refractivity contribution in [3.05, 3.63) is 59.7 Å². The van der Waals surface area contributed by atoms with E-state index in [0.29, 0.717) is 0 Å². The molecule has 0 radical (unpaired) electrons. The molecule has 10 heteroatoms. The standard InChI is InChI=1S/C26H40N2O4S2Se2/c1-17(2)25(27-33(29,30)23-13-9-19(5)10-14-23)21(7)35-36-22(8)26(18(3)4)28-34(31,32)24-15-11-20(6)12-16-24/h9-18,21-22,25-28H,1-8H3/t21-,22-,25+,26+/m0/s1. The van der Waals surface area contributed by atoms with Gasteiger partial charge >= 0.3 is 231 Å². The molecule has 0 heterocycles. The van der Waals surface area contributed by atoms with Crippen LogP contribution in [0.1, 0.15) is 52.7 Å². The second kappa shape index (κ2) is 13.4. The van der Waals surface area contributed by atoms with E-state index < -0.39 is 20.0 Å². The fraction of sp³-hybridized carbons (Fsp3) is 0.538. The number of nitrogens with one attached hydrogen (secondary N) is 2. The number of hydrogen-bond donors (Lipinski definition) is 2. The Balaban J connectivity index is 2.09. The van der Waals surface area contributed by atoms with Crippen LogP contribution < -0.4 is 9.44 Å². The second-order valence-corrected chi connectivity index (χ2v) is 21.6. The molecule has 36 heavy (non-hydrogen) atoms. The number of sulfonamides is 2. The first-order valence-corrected chi connectivity index (χ1v) is 21.4. The van der Waals surface area contributed by atoms with Crippen molar-refractivity contribution < 1.29 is 16.8 Å². The van der Waals surface area contributed by atoms with Crippen LogP contribution in [0.2, 0.25) is 9.63 Å². The number of aryl methyl sites for hydroxylation is 2. The quantitative estimate of drug-likeness (QED) is 0.307. The summed E-state index contributed by atoms with van der Waals surface area (Å²) in [5.74, 6) is 0.267. The molecule has 2 aromatic carbocycles. The minimum absolute atomic E-state index is 0.133. The van der Waals surface area contributed by atoms with Crippen LogP contribution >= 0.6 is 0 Å². The molecule has 0 aliphatic heterocycles. The van der Waals surface area contributed by atoms with Crippen LogP contribution in [-0.4, -0.2) is 55.2 Å². The molecule has 0 unspecified atom stereocenters. The molecule has 202 valence electrons. The summed E-state index contributed by atoms with van der Waals surface area (Å²) in [5.41, 5.74) is 2.03. The zero-order valence-corrected chi connectivity index (χ0v) is 27.4. The van der Waals surface area contributed by atoms with Gasteiger partial charge in [0.05, 0.1) is 0 Å². The summed E-state index contributed by atoms with van der Waals surface area (Å²) < 4.78 is 58.0. The van der Waals surface area contributed by atoms with Crippen molar-refractivity contribution in [1.82, 2.24) is 9.44 Å². The van der Waals surface area contributed by atoms with E-state index >= 15 is 0 Å². The van der Waals surface area contributed by atoms with Crippen molar-refractivity contribution in [2.45, 2.75) is 86.9 Å². The molecule has 0 aliphatic rings. The van der Waals surface area contributed by atoms with Crippen LogP contribution in [0.3, 0.4) is 0 Å². The third-order valence-corrected chi connectivity index (χ3v) is 19.6. The maximum atomic E-state index is 13.0. The first-order chi connectivity index (χ1) is 16.6. The number of rotatable bonds is 13. The predicted octanol–water partition coefficient (Wildman–Crippen LogP) is 4.55. The molecular weight excluding hydrogens is 626 g/mol. The summed E-state index contributed by atoms with van der Waals surface area (Å²) in [6.45, 7) is 16.2. The minimum atomic E-state index is -3.62. The molecule has 0 amide bonds. The molecule has 0 saturated heterocycles. The average Bonchev–Trinajstić information content (AvgIpc) is 2.79. The van der Waals surface area contributed by atoms with E-state index in [-0.39, 0.29) is 69.6 Å². The zero-order valence-electron chi connectivity index (χ0n) is 22.3. The SMILES string of the molecule is Cc1ccc(S(=O)(=O)N[C@H](C(C)C)[C@H](C)[Se][Se][C@@H](C)[C@H](NS(=O)(=O)c2ccc(C)cc2)C(C)C)cc1. The van der Waals surface area contributed by atoms with Crippen molar-refractivity contribution >= 4 is 46.3 Å². The third-order valence-electron chi connectivity index (χ3n) is 6.05. The summed E-state index contributed by atoms with van der Waals surface area (Å²) in [6, 6.07) is 13.4. The van der Waals surface area contributed by atoms with Crippen LogP contribution in [-0.2, 0) is 20.0 Å². The molecule has 0 aromatic heterocycles. The fourth-order valence-corrected chi connectivity index (χ4v) is 16.4. The van der Waals surface area contributed by atoms with Gasteiger partial charge in [-0.2, -0.15) is 0 Å². The molecule has 2 N–H and O–H groups in total. The number of hydrogen-bond acceptors (Lipinski definition) is 4. The Hall–Kier alpha value is -0.701. The van der Waals surface area contributed by atoms with E-state index in [0.717, 1.165) is 11.1 Å². The first kappa shape index (κ1) is 31.5. The molecule has 2 aromatic rings. The van der Waals surface area contributed by atoms with E-state index in [1.165, 1.54) is 0 Å². The van der Waals surface area contributed by atoms with Gasteiger partial charge in [0, 0.05) is 0 Å². The van der Waals surface area contributed by atoms with Crippen LogP contribution in [0.4, 0.5) is 0 Å². The van der Waals surface area contributed by atoms with Gasteiger partial charge in [0.1, 0.15) is 0 Å². The molecule has 0 saturated carbocycles. The van der Waals surface area contributed by atoms with Crippen molar-refractivity contribution in [1.29, 1.82) is 0 Å². The van der Waals surface area contributed by atoms with E-state index in [4.69, 9.17) is 0 Å². The monoisotopic (exact) mass is 668 g/mol. The van der Waals surface area contributed by atoms with Crippen LogP contribution in [0.5, 0.6) is 0 Å². The summed E-state index contributed by atoms with van der Waals surface area (Å²) in [6.07, 6.45) is 0. The Morgan fingerprint density at radius 1 is 0.556 bits per heavy atom. The van der Waals surface area contributed by atoms with Gasteiger partial charge in [0.2, 0.25) is 0 Å². The van der Waals surface area contributed by atoms with Gasteiger partial charge in [-0.3, -0.25) is 0 Å². The maximum absolute atomic E-state index is 13.0. The fourth-order valence-electron chi connectivity index (χ4n) is 3.77. The van der Waals surface area contributed by atoms with Gasteiger partial charge in [-0.25, -0.2) is 0 Å². The van der Waals surface area contributed by atoms with Gasteiger partial charge in [-0.05, 0) is 0 Å². The molecule has 0 aliphatic carbocycles. The third kappa shape index (κ3) is 8.95. The van der Waals surface area contributed by atoms with E-state index in [1.807, 2.05) is 41.5 Å². The van der Waals surface area contributed by atoms with Crippen LogP contribution in [0.25, 0.3) is 0 Å². The Morgan fingerprint density at radius 2 is 0.833 bits per heavy atom. The summed E-state index contributed by atoms with van der Waals surface area (Å²) in [5, 5.41) is 0. The molecule has 2 rings (SSSR count). The second-order valence-electron chi connectivity index (χ2n) is 10.0.